The highest BCUT2D eigenvalue weighted by atomic mass is 16.5. The summed E-state index contributed by atoms with van der Waals surface area (Å²) in [7, 11) is 0. The topological polar surface area (TPSA) is 33.6 Å². The van der Waals surface area contributed by atoms with E-state index in [9.17, 15) is 0 Å². The van der Waals surface area contributed by atoms with E-state index in [1.807, 2.05) is 6.21 Å². The first-order valence-electron chi connectivity index (χ1n) is 4.95. The van der Waals surface area contributed by atoms with Gasteiger partial charge in [-0.3, -0.25) is 4.99 Å². The third kappa shape index (κ3) is 2.64. The summed E-state index contributed by atoms with van der Waals surface area (Å²) in [4.78, 5) is 4.14. The zero-order valence-corrected chi connectivity index (χ0v) is 7.83. The molecule has 1 N–H and O–H groups in total. The number of hydrogen-bond donors (Lipinski definition) is 1. The SMILES string of the molecule is C1=NCCC(CO[C@@H]2CCNC2)=C1. The highest BCUT2D eigenvalue weighted by Gasteiger charge is 2.14. The first-order valence-corrected chi connectivity index (χ1v) is 4.95. The Morgan fingerprint density at radius 3 is 3.31 bits per heavy atom. The maximum absolute atomic E-state index is 5.75. The van der Waals surface area contributed by atoms with E-state index in [1.165, 1.54) is 5.57 Å². The van der Waals surface area contributed by atoms with Crippen molar-refractivity contribution in [3.8, 4) is 0 Å². The van der Waals surface area contributed by atoms with Crippen molar-refractivity contribution in [3.63, 3.8) is 0 Å². The molecule has 0 unspecified atom stereocenters. The van der Waals surface area contributed by atoms with E-state index in [0.717, 1.165) is 39.1 Å². The van der Waals surface area contributed by atoms with Crippen LogP contribution in [0.2, 0.25) is 0 Å². The van der Waals surface area contributed by atoms with E-state index in [2.05, 4.69) is 16.4 Å². The second kappa shape index (κ2) is 4.53. The first kappa shape index (κ1) is 8.91. The molecule has 0 radical (unpaired) electrons. The number of nitrogens with one attached hydrogen (secondary N) is 1. The van der Waals surface area contributed by atoms with Crippen LogP contribution in [0.15, 0.2) is 16.6 Å². The van der Waals surface area contributed by atoms with Gasteiger partial charge in [0.25, 0.3) is 0 Å². The first-order chi connectivity index (χ1) is 6.45. The fraction of sp³-hybridized carbons (Fsp3) is 0.700. The van der Waals surface area contributed by atoms with Crippen LogP contribution in [-0.4, -0.2) is 38.6 Å². The zero-order valence-electron chi connectivity index (χ0n) is 7.83. The maximum atomic E-state index is 5.75. The fourth-order valence-electron chi connectivity index (χ4n) is 1.64. The van der Waals surface area contributed by atoms with Gasteiger partial charge in [0.1, 0.15) is 0 Å². The summed E-state index contributed by atoms with van der Waals surface area (Å²) in [6.07, 6.45) is 6.61. The largest absolute Gasteiger partial charge is 0.373 e. The van der Waals surface area contributed by atoms with Crippen LogP contribution in [0.5, 0.6) is 0 Å². The minimum absolute atomic E-state index is 0.430. The number of nitrogens with zero attached hydrogens (tertiary/aromatic N) is 1. The van der Waals surface area contributed by atoms with Gasteiger partial charge in [0.15, 0.2) is 0 Å². The van der Waals surface area contributed by atoms with Gasteiger partial charge in [-0.05, 0) is 31.0 Å². The molecule has 0 aliphatic carbocycles. The van der Waals surface area contributed by atoms with E-state index in [1.54, 1.807) is 0 Å². The molecule has 2 heterocycles. The Labute approximate surface area is 78.9 Å². The molecule has 13 heavy (non-hydrogen) atoms. The summed E-state index contributed by atoms with van der Waals surface area (Å²) in [5, 5.41) is 3.29. The number of hydrogen-bond acceptors (Lipinski definition) is 3. The second-order valence-electron chi connectivity index (χ2n) is 3.56. The standard InChI is InChI=1S/C10H16N2O/c1-4-11-5-2-9(1)8-13-10-3-6-12-7-10/h1,4,10,12H,2-3,5-8H2/t10-/m1/s1. The fourth-order valence-corrected chi connectivity index (χ4v) is 1.64. The van der Waals surface area contributed by atoms with Gasteiger partial charge < -0.3 is 10.1 Å². The monoisotopic (exact) mass is 180 g/mol. The van der Waals surface area contributed by atoms with Crippen LogP contribution >= 0.6 is 0 Å². The normalized spacial score (nSPS) is 27.7. The molecule has 1 atom stereocenters. The van der Waals surface area contributed by atoms with Crippen molar-refractivity contribution in [3.05, 3.63) is 11.6 Å². The van der Waals surface area contributed by atoms with Crippen LogP contribution in [0.25, 0.3) is 0 Å². The minimum Gasteiger partial charge on any atom is -0.373 e. The molecule has 0 bridgehead atoms. The van der Waals surface area contributed by atoms with Crippen molar-refractivity contribution >= 4 is 6.21 Å². The van der Waals surface area contributed by atoms with Crippen molar-refractivity contribution < 1.29 is 4.74 Å². The highest BCUT2D eigenvalue weighted by Crippen LogP contribution is 2.09. The van der Waals surface area contributed by atoms with Crippen LogP contribution < -0.4 is 5.32 Å². The lowest BCUT2D eigenvalue weighted by Gasteiger charge is -2.13. The Balaban J connectivity index is 1.71. The molecule has 2 rings (SSSR count). The van der Waals surface area contributed by atoms with Gasteiger partial charge in [-0.1, -0.05) is 0 Å². The number of rotatable bonds is 3. The van der Waals surface area contributed by atoms with Crippen LogP contribution in [-0.2, 0) is 4.74 Å². The van der Waals surface area contributed by atoms with Crippen molar-refractivity contribution in [1.29, 1.82) is 0 Å². The summed E-state index contributed by atoms with van der Waals surface area (Å²) >= 11 is 0. The molecule has 1 fully saturated rings. The molecule has 1 saturated heterocycles. The summed E-state index contributed by atoms with van der Waals surface area (Å²) in [5.41, 5.74) is 1.38. The molecule has 0 aromatic rings. The van der Waals surface area contributed by atoms with Gasteiger partial charge in [0.2, 0.25) is 0 Å². The Morgan fingerprint density at radius 2 is 2.62 bits per heavy atom. The van der Waals surface area contributed by atoms with Crippen molar-refractivity contribution in [1.82, 2.24) is 5.32 Å². The van der Waals surface area contributed by atoms with Gasteiger partial charge >= 0.3 is 0 Å². The average Bonchev–Trinajstić information content (AvgIpc) is 2.69. The third-order valence-electron chi connectivity index (χ3n) is 2.50. The van der Waals surface area contributed by atoms with Crippen molar-refractivity contribution in [2.45, 2.75) is 18.9 Å². The molecule has 3 nitrogen and oxygen atoms in total. The van der Waals surface area contributed by atoms with Crippen LogP contribution in [0, 0.1) is 0 Å². The molecule has 0 aromatic heterocycles. The number of aliphatic imine (C=N–C) groups is 1. The Hall–Kier alpha value is -0.670. The van der Waals surface area contributed by atoms with E-state index >= 15 is 0 Å². The van der Waals surface area contributed by atoms with E-state index in [-0.39, 0.29) is 0 Å². The molecule has 0 aromatic carbocycles. The maximum Gasteiger partial charge on any atom is 0.0715 e. The molecular formula is C10H16N2O. The lowest BCUT2D eigenvalue weighted by Crippen LogP contribution is -2.18. The minimum atomic E-state index is 0.430. The average molecular weight is 180 g/mol. The quantitative estimate of drug-likeness (QED) is 0.696. The van der Waals surface area contributed by atoms with Gasteiger partial charge in [-0.25, -0.2) is 0 Å². The van der Waals surface area contributed by atoms with Gasteiger partial charge in [-0.2, -0.15) is 0 Å². The van der Waals surface area contributed by atoms with E-state index in [4.69, 9.17) is 4.74 Å². The van der Waals surface area contributed by atoms with Crippen LogP contribution in [0.4, 0.5) is 0 Å². The van der Waals surface area contributed by atoms with Crippen molar-refractivity contribution in [2.75, 3.05) is 26.2 Å². The Bertz CT molecular complexity index is 217. The summed E-state index contributed by atoms with van der Waals surface area (Å²) in [6.45, 7) is 3.84. The molecule has 2 aliphatic rings. The lowest BCUT2D eigenvalue weighted by atomic mass is 10.1. The van der Waals surface area contributed by atoms with Crippen LogP contribution in [0.3, 0.4) is 0 Å². The predicted octanol–water partition coefficient (Wildman–Crippen LogP) is 0.766. The second-order valence-corrected chi connectivity index (χ2v) is 3.56. The number of dihydropyridines is 1. The molecule has 72 valence electrons. The van der Waals surface area contributed by atoms with Crippen LogP contribution in [0.1, 0.15) is 12.8 Å². The smallest absolute Gasteiger partial charge is 0.0715 e. The lowest BCUT2D eigenvalue weighted by molar-refractivity contribution is 0.0833. The predicted molar refractivity (Wildman–Crippen MR) is 53.3 cm³/mol. The zero-order chi connectivity index (χ0) is 8.93. The highest BCUT2D eigenvalue weighted by molar-refractivity contribution is 5.73. The molecular weight excluding hydrogens is 164 g/mol. The molecule has 3 heteroatoms. The van der Waals surface area contributed by atoms with E-state index < -0.39 is 0 Å². The Morgan fingerprint density at radius 1 is 1.62 bits per heavy atom. The summed E-state index contributed by atoms with van der Waals surface area (Å²) in [6, 6.07) is 0. The van der Waals surface area contributed by atoms with Gasteiger partial charge in [-0.15, -0.1) is 0 Å². The molecule has 0 saturated carbocycles. The third-order valence-corrected chi connectivity index (χ3v) is 2.50. The van der Waals surface area contributed by atoms with Crippen molar-refractivity contribution in [2.24, 2.45) is 4.99 Å². The molecule has 2 aliphatic heterocycles. The molecule has 0 spiro atoms. The molecule has 0 amide bonds. The van der Waals surface area contributed by atoms with Gasteiger partial charge in [0.05, 0.1) is 12.7 Å². The van der Waals surface area contributed by atoms with E-state index in [0.29, 0.717) is 6.10 Å². The van der Waals surface area contributed by atoms with Gasteiger partial charge in [0, 0.05) is 19.3 Å². The summed E-state index contributed by atoms with van der Waals surface area (Å²) in [5.74, 6) is 0. The number of allylic oxidation sites excluding steroid dienone is 1. The Kier molecular flexibility index (Phi) is 3.11. The number of ether oxygens (including phenoxy) is 1. The summed E-state index contributed by atoms with van der Waals surface area (Å²) < 4.78 is 5.75.